The van der Waals surface area contributed by atoms with Gasteiger partial charge in [0.1, 0.15) is 0 Å². The summed E-state index contributed by atoms with van der Waals surface area (Å²) >= 11 is 0. The van der Waals surface area contributed by atoms with Gasteiger partial charge in [0.25, 0.3) is 0 Å². The summed E-state index contributed by atoms with van der Waals surface area (Å²) in [6.45, 7) is 7.48. The molecule has 2 aromatic rings. The van der Waals surface area contributed by atoms with Crippen molar-refractivity contribution >= 4 is 0 Å². The second-order valence-electron chi connectivity index (χ2n) is 6.89. The van der Waals surface area contributed by atoms with E-state index in [1.165, 1.54) is 16.8 Å². The number of rotatable bonds is 2. The highest BCUT2D eigenvalue weighted by Crippen LogP contribution is 2.41. The zero-order chi connectivity index (χ0) is 14.3. The van der Waals surface area contributed by atoms with Crippen LogP contribution in [-0.2, 0) is 13.0 Å². The van der Waals surface area contributed by atoms with E-state index in [1.54, 1.807) is 0 Å². The Kier molecular flexibility index (Phi) is 3.21. The van der Waals surface area contributed by atoms with Gasteiger partial charge in [-0.3, -0.25) is 0 Å². The molecule has 1 unspecified atom stereocenters. The van der Waals surface area contributed by atoms with Crippen LogP contribution >= 0.6 is 0 Å². The standard InChI is InChI=1S/C18H23NO/c1-13-4-6-14(7-5-13)12-19-9-8-15-16(19)10-18(2,3)11-17(15)20/h4-9,17,20H,10-12H2,1-3H3. The van der Waals surface area contributed by atoms with Crippen molar-refractivity contribution in [2.24, 2.45) is 5.41 Å². The molecule has 1 aliphatic rings. The van der Waals surface area contributed by atoms with E-state index in [-0.39, 0.29) is 11.5 Å². The second kappa shape index (κ2) is 4.78. The molecule has 106 valence electrons. The predicted molar refractivity (Wildman–Crippen MR) is 81.8 cm³/mol. The van der Waals surface area contributed by atoms with Gasteiger partial charge < -0.3 is 9.67 Å². The quantitative estimate of drug-likeness (QED) is 0.880. The number of fused-ring (bicyclic) bond motifs is 1. The molecule has 0 amide bonds. The predicted octanol–water partition coefficient (Wildman–Crippen LogP) is 3.85. The molecule has 1 atom stereocenters. The van der Waals surface area contributed by atoms with Gasteiger partial charge >= 0.3 is 0 Å². The number of hydrogen-bond acceptors (Lipinski definition) is 1. The van der Waals surface area contributed by atoms with E-state index in [1.807, 2.05) is 0 Å². The van der Waals surface area contributed by atoms with Gasteiger partial charge in [0.15, 0.2) is 0 Å². The first kappa shape index (κ1) is 13.4. The summed E-state index contributed by atoms with van der Waals surface area (Å²) in [7, 11) is 0. The third-order valence-electron chi connectivity index (χ3n) is 4.34. The van der Waals surface area contributed by atoms with E-state index in [9.17, 15) is 5.11 Å². The van der Waals surface area contributed by atoms with Crippen LogP contribution in [0.4, 0.5) is 0 Å². The number of aliphatic hydroxyl groups is 1. The second-order valence-corrected chi connectivity index (χ2v) is 6.89. The number of nitrogens with zero attached hydrogens (tertiary/aromatic N) is 1. The first-order valence-corrected chi connectivity index (χ1v) is 7.36. The highest BCUT2D eigenvalue weighted by Gasteiger charge is 2.33. The fourth-order valence-corrected chi connectivity index (χ4v) is 3.23. The first-order chi connectivity index (χ1) is 9.44. The summed E-state index contributed by atoms with van der Waals surface area (Å²) < 4.78 is 2.30. The molecule has 1 aromatic heterocycles. The summed E-state index contributed by atoms with van der Waals surface area (Å²) in [4.78, 5) is 0. The highest BCUT2D eigenvalue weighted by molar-refractivity contribution is 5.31. The van der Waals surface area contributed by atoms with Crippen LogP contribution in [0.15, 0.2) is 36.5 Å². The minimum absolute atomic E-state index is 0.176. The molecule has 0 bridgehead atoms. The van der Waals surface area contributed by atoms with Crippen LogP contribution in [0.25, 0.3) is 0 Å². The molecule has 0 fully saturated rings. The van der Waals surface area contributed by atoms with E-state index in [2.05, 4.69) is 61.9 Å². The Hall–Kier alpha value is -1.54. The monoisotopic (exact) mass is 269 g/mol. The average Bonchev–Trinajstić information content (AvgIpc) is 2.74. The molecule has 1 aromatic carbocycles. The van der Waals surface area contributed by atoms with Crippen LogP contribution in [0, 0.1) is 12.3 Å². The van der Waals surface area contributed by atoms with E-state index in [0.29, 0.717) is 0 Å². The first-order valence-electron chi connectivity index (χ1n) is 7.36. The normalized spacial score (nSPS) is 20.7. The maximum absolute atomic E-state index is 10.3. The molecule has 1 aliphatic carbocycles. The highest BCUT2D eigenvalue weighted by atomic mass is 16.3. The Bertz CT molecular complexity index is 607. The number of hydrogen-bond donors (Lipinski definition) is 1. The van der Waals surface area contributed by atoms with Crippen molar-refractivity contribution in [2.75, 3.05) is 0 Å². The number of aliphatic hydroxyl groups excluding tert-OH is 1. The van der Waals surface area contributed by atoms with Gasteiger partial charge in [-0.1, -0.05) is 43.7 Å². The van der Waals surface area contributed by atoms with Gasteiger partial charge in [-0.05, 0) is 36.8 Å². The fraction of sp³-hybridized carbons (Fsp3) is 0.444. The van der Waals surface area contributed by atoms with E-state index >= 15 is 0 Å². The molecule has 1 N–H and O–H groups in total. The number of aromatic nitrogens is 1. The maximum atomic E-state index is 10.3. The molecule has 0 saturated heterocycles. The molecule has 0 spiro atoms. The van der Waals surface area contributed by atoms with E-state index < -0.39 is 0 Å². The van der Waals surface area contributed by atoms with E-state index in [0.717, 1.165) is 24.9 Å². The summed E-state index contributed by atoms with van der Waals surface area (Å²) in [6, 6.07) is 10.8. The molecule has 2 nitrogen and oxygen atoms in total. The molecular weight excluding hydrogens is 246 g/mol. The largest absolute Gasteiger partial charge is 0.388 e. The zero-order valence-corrected chi connectivity index (χ0v) is 12.6. The third-order valence-corrected chi connectivity index (χ3v) is 4.34. The third kappa shape index (κ3) is 2.53. The van der Waals surface area contributed by atoms with Gasteiger partial charge in [-0.25, -0.2) is 0 Å². The molecule has 2 heteroatoms. The van der Waals surface area contributed by atoms with Crippen LogP contribution in [0.3, 0.4) is 0 Å². The van der Waals surface area contributed by atoms with Gasteiger partial charge in [-0.15, -0.1) is 0 Å². The van der Waals surface area contributed by atoms with Crippen molar-refractivity contribution in [1.82, 2.24) is 4.57 Å². The fourth-order valence-electron chi connectivity index (χ4n) is 3.23. The Labute approximate surface area is 121 Å². The summed E-state index contributed by atoms with van der Waals surface area (Å²) in [5.41, 5.74) is 5.20. The molecule has 1 heterocycles. The van der Waals surface area contributed by atoms with Gasteiger partial charge in [0, 0.05) is 24.0 Å². The minimum Gasteiger partial charge on any atom is -0.388 e. The van der Waals surface area contributed by atoms with E-state index in [4.69, 9.17) is 0 Å². The SMILES string of the molecule is Cc1ccc(Cn2ccc3c2CC(C)(C)CC3O)cc1. The van der Waals surface area contributed by atoms with Gasteiger partial charge in [0.2, 0.25) is 0 Å². The Balaban J connectivity index is 1.91. The molecule has 0 aliphatic heterocycles. The Morgan fingerprint density at radius 1 is 1.20 bits per heavy atom. The molecule has 3 rings (SSSR count). The van der Waals surface area contributed by atoms with Crippen LogP contribution in [-0.4, -0.2) is 9.67 Å². The van der Waals surface area contributed by atoms with Crippen LogP contribution in [0.5, 0.6) is 0 Å². The lowest BCUT2D eigenvalue weighted by molar-refractivity contribution is 0.0981. The minimum atomic E-state index is -0.312. The van der Waals surface area contributed by atoms with Crippen LogP contribution < -0.4 is 0 Å². The lowest BCUT2D eigenvalue weighted by Crippen LogP contribution is -2.26. The summed E-state index contributed by atoms with van der Waals surface area (Å²) in [5.74, 6) is 0. The molecule has 20 heavy (non-hydrogen) atoms. The smallest absolute Gasteiger partial charge is 0.0812 e. The number of aryl methyl sites for hydroxylation is 1. The lowest BCUT2D eigenvalue weighted by Gasteiger charge is -2.34. The number of benzene rings is 1. The van der Waals surface area contributed by atoms with Crippen molar-refractivity contribution in [3.63, 3.8) is 0 Å². The Morgan fingerprint density at radius 2 is 1.90 bits per heavy atom. The van der Waals surface area contributed by atoms with Crippen molar-refractivity contribution < 1.29 is 5.11 Å². The van der Waals surface area contributed by atoms with Crippen molar-refractivity contribution in [2.45, 2.75) is 46.3 Å². The topological polar surface area (TPSA) is 25.2 Å². The summed E-state index contributed by atoms with van der Waals surface area (Å²) in [5, 5.41) is 10.3. The zero-order valence-electron chi connectivity index (χ0n) is 12.6. The van der Waals surface area contributed by atoms with Gasteiger partial charge in [-0.2, -0.15) is 0 Å². The van der Waals surface area contributed by atoms with Crippen molar-refractivity contribution in [1.29, 1.82) is 0 Å². The maximum Gasteiger partial charge on any atom is 0.0812 e. The van der Waals surface area contributed by atoms with Crippen LogP contribution in [0.2, 0.25) is 0 Å². The Morgan fingerprint density at radius 3 is 2.60 bits per heavy atom. The van der Waals surface area contributed by atoms with Crippen LogP contribution in [0.1, 0.15) is 48.8 Å². The molecule has 0 saturated carbocycles. The van der Waals surface area contributed by atoms with Crippen molar-refractivity contribution in [3.8, 4) is 0 Å². The molecule has 0 radical (unpaired) electrons. The van der Waals surface area contributed by atoms with Gasteiger partial charge in [0.05, 0.1) is 6.10 Å². The average molecular weight is 269 g/mol. The summed E-state index contributed by atoms with van der Waals surface area (Å²) in [6.07, 6.45) is 3.70. The van der Waals surface area contributed by atoms with Crippen molar-refractivity contribution in [3.05, 3.63) is 58.9 Å². The molecular formula is C18H23NO. The lowest BCUT2D eigenvalue weighted by atomic mass is 9.75.